The molecule has 0 aliphatic carbocycles. The number of fused-ring (bicyclic) bond motifs is 1. The van der Waals surface area contributed by atoms with Crippen LogP contribution in [-0.4, -0.2) is 54.7 Å². The predicted octanol–water partition coefficient (Wildman–Crippen LogP) is 3.85. The Morgan fingerprint density at radius 2 is 1.86 bits per heavy atom. The minimum Gasteiger partial charge on any atom is -0.490 e. The molecule has 0 radical (unpaired) electrons. The molecule has 1 heterocycles. The number of hydrogen-bond acceptors (Lipinski definition) is 7. The van der Waals surface area contributed by atoms with Gasteiger partial charge in [-0.05, 0) is 57.0 Å². The van der Waals surface area contributed by atoms with Crippen LogP contribution in [0.1, 0.15) is 32.4 Å². The van der Waals surface area contributed by atoms with Gasteiger partial charge in [-0.1, -0.05) is 30.0 Å². The maximum absolute atomic E-state index is 13.1. The van der Waals surface area contributed by atoms with Crippen LogP contribution in [0.15, 0.2) is 52.4 Å². The monoisotopic (exact) mass is 499 g/mol. The van der Waals surface area contributed by atoms with Gasteiger partial charge in [-0.3, -0.25) is 14.2 Å². The summed E-state index contributed by atoms with van der Waals surface area (Å²) in [6, 6.07) is 12.8. The van der Waals surface area contributed by atoms with E-state index in [1.165, 1.54) is 11.8 Å². The predicted molar refractivity (Wildman–Crippen MR) is 139 cm³/mol. The number of carbonyl (C=O) groups excluding carboxylic acids is 1. The summed E-state index contributed by atoms with van der Waals surface area (Å²) in [5.41, 5.74) is 1.52. The second-order valence-electron chi connectivity index (χ2n) is 7.93. The molecule has 1 aromatic heterocycles. The van der Waals surface area contributed by atoms with Crippen molar-refractivity contribution in [1.29, 1.82) is 0 Å². The number of thioether (sulfide) groups is 1. The number of methoxy groups -OCH3 is 1. The van der Waals surface area contributed by atoms with Gasteiger partial charge < -0.3 is 19.5 Å². The second kappa shape index (κ2) is 13.2. The number of benzene rings is 2. The van der Waals surface area contributed by atoms with E-state index < -0.39 is 0 Å². The molecule has 3 rings (SSSR count). The molecule has 9 heteroatoms. The summed E-state index contributed by atoms with van der Waals surface area (Å²) in [5.74, 6) is 1.45. The third-order valence-corrected chi connectivity index (χ3v) is 6.25. The van der Waals surface area contributed by atoms with Gasteiger partial charge in [0, 0.05) is 13.7 Å². The van der Waals surface area contributed by atoms with Crippen LogP contribution in [0.25, 0.3) is 10.9 Å². The van der Waals surface area contributed by atoms with Crippen LogP contribution < -0.4 is 20.3 Å². The van der Waals surface area contributed by atoms with Crippen LogP contribution in [0.3, 0.4) is 0 Å². The number of hydrogen-bond donors (Lipinski definition) is 1. The van der Waals surface area contributed by atoms with E-state index in [9.17, 15) is 9.59 Å². The van der Waals surface area contributed by atoms with Crippen molar-refractivity contribution >= 4 is 28.6 Å². The largest absolute Gasteiger partial charge is 0.490 e. The fourth-order valence-electron chi connectivity index (χ4n) is 3.71. The Bertz CT molecular complexity index is 1200. The summed E-state index contributed by atoms with van der Waals surface area (Å²) in [5, 5.41) is 4.00. The molecule has 2 aromatic carbocycles. The number of amides is 1. The number of aromatic nitrogens is 2. The molecule has 35 heavy (non-hydrogen) atoms. The molecule has 0 fully saturated rings. The lowest BCUT2D eigenvalue weighted by Crippen LogP contribution is -2.30. The Morgan fingerprint density at radius 1 is 1.11 bits per heavy atom. The van der Waals surface area contributed by atoms with Gasteiger partial charge in [0.25, 0.3) is 5.56 Å². The molecule has 0 bridgehead atoms. The fraction of sp³-hybridized carbons (Fsp3) is 0.423. The van der Waals surface area contributed by atoms with Crippen molar-refractivity contribution in [3.63, 3.8) is 0 Å². The van der Waals surface area contributed by atoms with Crippen LogP contribution in [0, 0.1) is 0 Å². The zero-order valence-electron chi connectivity index (χ0n) is 20.7. The van der Waals surface area contributed by atoms with Crippen molar-refractivity contribution in [2.75, 3.05) is 39.2 Å². The summed E-state index contributed by atoms with van der Waals surface area (Å²) in [6.45, 7) is 7.73. The van der Waals surface area contributed by atoms with Crippen LogP contribution in [0.4, 0.5) is 0 Å². The van der Waals surface area contributed by atoms with E-state index in [1.807, 2.05) is 51.1 Å². The van der Waals surface area contributed by atoms with Gasteiger partial charge in [-0.15, -0.1) is 0 Å². The van der Waals surface area contributed by atoms with E-state index in [0.717, 1.165) is 11.3 Å². The highest BCUT2D eigenvalue weighted by Crippen LogP contribution is 2.28. The maximum Gasteiger partial charge on any atom is 0.262 e. The molecule has 0 aliphatic rings. The molecule has 1 unspecified atom stereocenters. The number of nitrogens with one attached hydrogen (secondary N) is 1. The van der Waals surface area contributed by atoms with E-state index >= 15 is 0 Å². The fourth-order valence-corrected chi connectivity index (χ4v) is 4.64. The minimum absolute atomic E-state index is 0.126. The number of ether oxygens (including phenoxy) is 3. The van der Waals surface area contributed by atoms with Gasteiger partial charge in [-0.2, -0.15) is 0 Å². The number of para-hydroxylation sites is 1. The Morgan fingerprint density at radius 3 is 2.60 bits per heavy atom. The summed E-state index contributed by atoms with van der Waals surface area (Å²) in [4.78, 5) is 30.3. The van der Waals surface area contributed by atoms with Crippen molar-refractivity contribution in [2.24, 2.45) is 0 Å². The first-order chi connectivity index (χ1) is 17.0. The average molecular weight is 500 g/mol. The molecule has 8 nitrogen and oxygen atoms in total. The van der Waals surface area contributed by atoms with Gasteiger partial charge in [0.1, 0.15) is 0 Å². The third-order valence-electron chi connectivity index (χ3n) is 5.30. The van der Waals surface area contributed by atoms with Crippen molar-refractivity contribution in [2.45, 2.75) is 38.4 Å². The topological polar surface area (TPSA) is 91.7 Å². The summed E-state index contributed by atoms with van der Waals surface area (Å²) < 4.78 is 18.1. The van der Waals surface area contributed by atoms with Gasteiger partial charge in [0.05, 0.1) is 42.5 Å². The number of nitrogens with zero attached hydrogens (tertiary/aromatic N) is 2. The van der Waals surface area contributed by atoms with Crippen LogP contribution in [0.2, 0.25) is 0 Å². The SMILES string of the molecule is CCOc1ccc(CCNC(=O)CSc2nc3ccccc3c(=O)n2C(C)COC)cc1OCC. The van der Waals surface area contributed by atoms with E-state index in [0.29, 0.717) is 54.6 Å². The molecular weight excluding hydrogens is 466 g/mol. The highest BCUT2D eigenvalue weighted by atomic mass is 32.2. The first kappa shape index (κ1) is 26.6. The highest BCUT2D eigenvalue weighted by molar-refractivity contribution is 7.99. The van der Waals surface area contributed by atoms with Crippen molar-refractivity contribution < 1.29 is 19.0 Å². The van der Waals surface area contributed by atoms with Crippen molar-refractivity contribution in [1.82, 2.24) is 14.9 Å². The molecule has 188 valence electrons. The molecule has 0 saturated heterocycles. The van der Waals surface area contributed by atoms with Gasteiger partial charge in [0.2, 0.25) is 5.91 Å². The normalized spacial score (nSPS) is 11.9. The summed E-state index contributed by atoms with van der Waals surface area (Å²) in [7, 11) is 1.60. The molecule has 0 saturated carbocycles. The maximum atomic E-state index is 13.1. The lowest BCUT2D eigenvalue weighted by molar-refractivity contribution is -0.118. The Labute approximate surface area is 210 Å². The number of carbonyl (C=O) groups is 1. The molecule has 0 spiro atoms. The van der Waals surface area contributed by atoms with E-state index in [4.69, 9.17) is 14.2 Å². The van der Waals surface area contributed by atoms with Crippen LogP contribution >= 0.6 is 11.8 Å². The third kappa shape index (κ3) is 6.99. The Kier molecular flexibility index (Phi) is 9.98. The summed E-state index contributed by atoms with van der Waals surface area (Å²) >= 11 is 1.25. The zero-order valence-corrected chi connectivity index (χ0v) is 21.5. The standard InChI is InChI=1S/C26H33N3O5S/c1-5-33-22-12-11-19(15-23(22)34-6-2)13-14-27-24(30)17-35-26-28-21-10-8-7-9-20(21)25(31)29(26)18(3)16-32-4/h7-12,15,18H,5-6,13-14,16-17H2,1-4H3,(H,27,30). The molecular formula is C26H33N3O5S. The molecule has 1 N–H and O–H groups in total. The van der Waals surface area contributed by atoms with E-state index in [-0.39, 0.29) is 23.3 Å². The minimum atomic E-state index is -0.214. The zero-order chi connectivity index (χ0) is 25.2. The Balaban J connectivity index is 1.64. The first-order valence-corrected chi connectivity index (χ1v) is 12.7. The lowest BCUT2D eigenvalue weighted by Gasteiger charge is -2.18. The van der Waals surface area contributed by atoms with E-state index in [2.05, 4.69) is 10.3 Å². The number of rotatable bonds is 13. The van der Waals surface area contributed by atoms with Crippen molar-refractivity contribution in [3.8, 4) is 11.5 Å². The first-order valence-electron chi connectivity index (χ1n) is 11.8. The molecule has 3 aromatic rings. The quantitative estimate of drug-likeness (QED) is 0.282. The Hall–Kier alpha value is -3.04. The van der Waals surface area contributed by atoms with Gasteiger partial charge in [0.15, 0.2) is 16.7 Å². The molecule has 0 aliphatic heterocycles. The smallest absolute Gasteiger partial charge is 0.262 e. The average Bonchev–Trinajstić information content (AvgIpc) is 2.85. The highest BCUT2D eigenvalue weighted by Gasteiger charge is 2.17. The molecule has 1 atom stereocenters. The van der Waals surface area contributed by atoms with Crippen LogP contribution in [0.5, 0.6) is 11.5 Å². The lowest BCUT2D eigenvalue weighted by atomic mass is 10.1. The van der Waals surface area contributed by atoms with Gasteiger partial charge >= 0.3 is 0 Å². The van der Waals surface area contributed by atoms with E-state index in [1.54, 1.807) is 23.8 Å². The summed E-state index contributed by atoms with van der Waals surface area (Å²) in [6.07, 6.45) is 0.659. The van der Waals surface area contributed by atoms with Crippen molar-refractivity contribution in [3.05, 3.63) is 58.4 Å². The molecule has 1 amide bonds. The van der Waals surface area contributed by atoms with Crippen LogP contribution in [-0.2, 0) is 16.0 Å². The van der Waals surface area contributed by atoms with Gasteiger partial charge in [-0.25, -0.2) is 4.98 Å². The second-order valence-corrected chi connectivity index (χ2v) is 8.87.